The molecule has 3 aromatic rings. The predicted octanol–water partition coefficient (Wildman–Crippen LogP) is 3.22. The van der Waals surface area contributed by atoms with Gasteiger partial charge >= 0.3 is 0 Å². The second-order valence-electron chi connectivity index (χ2n) is 5.63. The van der Waals surface area contributed by atoms with Crippen LogP contribution in [0.4, 0.5) is 5.82 Å². The molecule has 4 heteroatoms. The first-order chi connectivity index (χ1) is 10.3. The van der Waals surface area contributed by atoms with Crippen molar-refractivity contribution in [1.29, 1.82) is 0 Å². The molecule has 1 aromatic carbocycles. The minimum Gasteiger partial charge on any atom is -0.357 e. The third kappa shape index (κ3) is 2.17. The van der Waals surface area contributed by atoms with E-state index in [-0.39, 0.29) is 0 Å². The zero-order valence-corrected chi connectivity index (χ0v) is 12.1. The molecule has 21 heavy (non-hydrogen) atoms. The Labute approximate surface area is 123 Å². The predicted molar refractivity (Wildman–Crippen MR) is 84.4 cm³/mol. The maximum absolute atomic E-state index is 4.70. The summed E-state index contributed by atoms with van der Waals surface area (Å²) in [6.45, 7) is 3.90. The molecule has 1 aliphatic rings. The molecule has 0 unspecified atom stereocenters. The molecular weight excluding hydrogens is 260 g/mol. The summed E-state index contributed by atoms with van der Waals surface area (Å²) in [7, 11) is 0. The number of nitrogens with one attached hydrogen (secondary N) is 1. The molecule has 1 N–H and O–H groups in total. The van der Waals surface area contributed by atoms with Crippen LogP contribution in [0.3, 0.4) is 0 Å². The first kappa shape index (κ1) is 12.4. The van der Waals surface area contributed by atoms with Crippen LogP contribution >= 0.6 is 0 Å². The molecule has 0 atom stereocenters. The van der Waals surface area contributed by atoms with E-state index in [0.717, 1.165) is 48.6 Å². The second kappa shape index (κ2) is 4.88. The lowest BCUT2D eigenvalue weighted by Gasteiger charge is -2.22. The summed E-state index contributed by atoms with van der Waals surface area (Å²) in [5.41, 5.74) is 4.91. The minimum absolute atomic E-state index is 0.828. The molecule has 4 nitrogen and oxygen atoms in total. The van der Waals surface area contributed by atoms with E-state index in [1.807, 2.05) is 19.2 Å². The summed E-state index contributed by atoms with van der Waals surface area (Å²) < 4.78 is 0. The number of benzene rings is 1. The number of H-pyrrole nitrogens is 1. The van der Waals surface area contributed by atoms with Crippen LogP contribution in [0.5, 0.6) is 0 Å². The van der Waals surface area contributed by atoms with E-state index in [2.05, 4.69) is 39.1 Å². The van der Waals surface area contributed by atoms with Crippen LogP contribution in [0.15, 0.2) is 36.5 Å². The zero-order chi connectivity index (χ0) is 14.2. The summed E-state index contributed by atoms with van der Waals surface area (Å²) in [6.07, 6.45) is 4.24. The Bertz CT molecular complexity index is 790. The molecule has 0 spiro atoms. The van der Waals surface area contributed by atoms with Gasteiger partial charge < -0.3 is 9.88 Å². The number of hydrogen-bond acceptors (Lipinski definition) is 3. The Morgan fingerprint density at radius 3 is 2.86 bits per heavy atom. The molecule has 4 rings (SSSR count). The van der Waals surface area contributed by atoms with Crippen molar-refractivity contribution in [3.63, 3.8) is 0 Å². The number of nitrogens with zero attached hydrogens (tertiary/aromatic N) is 3. The Morgan fingerprint density at radius 2 is 1.95 bits per heavy atom. The van der Waals surface area contributed by atoms with Gasteiger partial charge in [0, 0.05) is 19.3 Å². The van der Waals surface area contributed by atoms with Crippen molar-refractivity contribution in [2.75, 3.05) is 11.4 Å². The number of hydrogen-bond donors (Lipinski definition) is 1. The van der Waals surface area contributed by atoms with Crippen LogP contribution < -0.4 is 4.90 Å². The van der Waals surface area contributed by atoms with Crippen LogP contribution in [-0.4, -0.2) is 21.5 Å². The van der Waals surface area contributed by atoms with Gasteiger partial charge in [0.1, 0.15) is 11.3 Å². The number of fused-ring (bicyclic) bond motifs is 2. The lowest BCUT2D eigenvalue weighted by molar-refractivity contribution is 0.753. The van der Waals surface area contributed by atoms with Gasteiger partial charge in [-0.3, -0.25) is 0 Å². The standard InChI is InChI=1S/C17H18N4/c1-12-19-15-8-9-18-16(15)17(20-12)21-10-4-7-13-5-2-3-6-14(13)11-21/h2-3,5-6,8-9,18H,4,7,10-11H2,1H3. The highest BCUT2D eigenvalue weighted by Gasteiger charge is 2.18. The normalized spacial score (nSPS) is 15.0. The molecule has 0 radical (unpaired) electrons. The van der Waals surface area contributed by atoms with Crippen LogP contribution in [0, 0.1) is 6.92 Å². The van der Waals surface area contributed by atoms with Gasteiger partial charge in [0.05, 0.1) is 5.52 Å². The highest BCUT2D eigenvalue weighted by Crippen LogP contribution is 2.27. The fourth-order valence-electron chi connectivity index (χ4n) is 3.15. The highest BCUT2D eigenvalue weighted by atomic mass is 15.2. The Balaban J connectivity index is 1.80. The van der Waals surface area contributed by atoms with Crippen molar-refractivity contribution in [2.24, 2.45) is 0 Å². The minimum atomic E-state index is 0.828. The van der Waals surface area contributed by atoms with E-state index < -0.39 is 0 Å². The number of aromatic amines is 1. The molecular formula is C17H18N4. The van der Waals surface area contributed by atoms with E-state index in [0.29, 0.717) is 0 Å². The van der Waals surface area contributed by atoms with Crippen molar-refractivity contribution in [2.45, 2.75) is 26.3 Å². The molecule has 106 valence electrons. The average Bonchev–Trinajstić information content (AvgIpc) is 2.84. The van der Waals surface area contributed by atoms with E-state index >= 15 is 0 Å². The largest absolute Gasteiger partial charge is 0.357 e. The van der Waals surface area contributed by atoms with Crippen LogP contribution in [0.25, 0.3) is 11.0 Å². The number of aryl methyl sites for hydroxylation is 2. The lowest BCUT2D eigenvalue weighted by atomic mass is 10.0. The van der Waals surface area contributed by atoms with Gasteiger partial charge in [-0.15, -0.1) is 0 Å². The van der Waals surface area contributed by atoms with Gasteiger partial charge in [0.25, 0.3) is 0 Å². The maximum Gasteiger partial charge on any atom is 0.157 e. The van der Waals surface area contributed by atoms with Gasteiger partial charge in [-0.1, -0.05) is 24.3 Å². The van der Waals surface area contributed by atoms with Gasteiger partial charge in [0.2, 0.25) is 0 Å². The monoisotopic (exact) mass is 278 g/mol. The van der Waals surface area contributed by atoms with E-state index in [1.54, 1.807) is 0 Å². The Kier molecular flexibility index (Phi) is 2.88. The van der Waals surface area contributed by atoms with Crippen LogP contribution in [0.1, 0.15) is 23.4 Å². The number of aromatic nitrogens is 3. The number of rotatable bonds is 1. The molecule has 2 aromatic heterocycles. The average molecular weight is 278 g/mol. The summed E-state index contributed by atoms with van der Waals surface area (Å²) in [6, 6.07) is 10.7. The van der Waals surface area contributed by atoms with E-state index in [1.165, 1.54) is 11.1 Å². The van der Waals surface area contributed by atoms with Crippen molar-refractivity contribution in [3.05, 3.63) is 53.5 Å². The Hall–Kier alpha value is -2.36. The summed E-state index contributed by atoms with van der Waals surface area (Å²) in [5.74, 6) is 1.86. The molecule has 0 saturated carbocycles. The van der Waals surface area contributed by atoms with Crippen LogP contribution in [-0.2, 0) is 13.0 Å². The maximum atomic E-state index is 4.70. The SMILES string of the molecule is Cc1nc(N2CCCc3ccccc3C2)c2[nH]ccc2n1. The fraction of sp³-hybridized carbons (Fsp3) is 0.294. The quantitative estimate of drug-likeness (QED) is 0.743. The van der Waals surface area contributed by atoms with Gasteiger partial charge in [-0.2, -0.15) is 0 Å². The molecule has 0 amide bonds. The van der Waals surface area contributed by atoms with Gasteiger partial charge in [0.15, 0.2) is 5.82 Å². The summed E-state index contributed by atoms with van der Waals surface area (Å²) in [5, 5.41) is 0. The highest BCUT2D eigenvalue weighted by molar-refractivity contribution is 5.86. The molecule has 0 bridgehead atoms. The molecule has 0 saturated heterocycles. The van der Waals surface area contributed by atoms with Crippen molar-refractivity contribution >= 4 is 16.9 Å². The first-order valence-corrected chi connectivity index (χ1v) is 7.45. The van der Waals surface area contributed by atoms with Crippen molar-refractivity contribution in [3.8, 4) is 0 Å². The summed E-state index contributed by atoms with van der Waals surface area (Å²) in [4.78, 5) is 14.8. The third-order valence-electron chi connectivity index (χ3n) is 4.15. The molecule has 3 heterocycles. The van der Waals surface area contributed by atoms with Gasteiger partial charge in [-0.25, -0.2) is 9.97 Å². The smallest absolute Gasteiger partial charge is 0.157 e. The molecule has 0 aliphatic carbocycles. The lowest BCUT2D eigenvalue weighted by Crippen LogP contribution is -2.24. The van der Waals surface area contributed by atoms with Gasteiger partial charge in [-0.05, 0) is 37.0 Å². The van der Waals surface area contributed by atoms with E-state index in [9.17, 15) is 0 Å². The summed E-state index contributed by atoms with van der Waals surface area (Å²) >= 11 is 0. The van der Waals surface area contributed by atoms with E-state index in [4.69, 9.17) is 4.98 Å². The topological polar surface area (TPSA) is 44.8 Å². The van der Waals surface area contributed by atoms with Crippen LogP contribution in [0.2, 0.25) is 0 Å². The molecule has 0 fully saturated rings. The van der Waals surface area contributed by atoms with Crippen molar-refractivity contribution in [1.82, 2.24) is 15.0 Å². The second-order valence-corrected chi connectivity index (χ2v) is 5.63. The first-order valence-electron chi connectivity index (χ1n) is 7.45. The Morgan fingerprint density at radius 1 is 1.10 bits per heavy atom. The molecule has 1 aliphatic heterocycles. The third-order valence-corrected chi connectivity index (χ3v) is 4.15. The zero-order valence-electron chi connectivity index (χ0n) is 12.1. The number of anilines is 1. The van der Waals surface area contributed by atoms with Crippen molar-refractivity contribution < 1.29 is 0 Å². The fourth-order valence-corrected chi connectivity index (χ4v) is 3.15.